The molecule has 0 aliphatic rings. The minimum absolute atomic E-state index is 0.0644. The molecule has 1 atom stereocenters. The number of aliphatic imine (C=N–C) groups is 1. The minimum Gasteiger partial charge on any atom is -0.489 e. The molecule has 4 nitrogen and oxygen atoms in total. The van der Waals surface area contributed by atoms with Crippen molar-refractivity contribution in [2.24, 2.45) is 4.99 Å². The number of halogens is 1. The Morgan fingerprint density at radius 2 is 2.04 bits per heavy atom. The van der Waals surface area contributed by atoms with Gasteiger partial charge in [-0.3, -0.25) is 0 Å². The largest absolute Gasteiger partial charge is 0.489 e. The highest BCUT2D eigenvalue weighted by Crippen LogP contribution is 2.12. The molecule has 1 aromatic carbocycles. The van der Waals surface area contributed by atoms with Crippen LogP contribution in [0.5, 0.6) is 5.75 Å². The van der Waals surface area contributed by atoms with Gasteiger partial charge in [0.15, 0.2) is 5.96 Å². The van der Waals surface area contributed by atoms with Crippen molar-refractivity contribution in [1.29, 1.82) is 0 Å². The lowest BCUT2D eigenvalue weighted by Gasteiger charge is -2.17. The summed E-state index contributed by atoms with van der Waals surface area (Å²) >= 11 is 1.67. The predicted octanol–water partition coefficient (Wildman–Crippen LogP) is 3.41. The van der Waals surface area contributed by atoms with Crippen molar-refractivity contribution in [3.8, 4) is 5.75 Å². The summed E-state index contributed by atoms with van der Waals surface area (Å²) in [7, 11) is 0. The number of nitrogens with zero attached hydrogens (tertiary/aromatic N) is 1. The van der Waals surface area contributed by atoms with Crippen LogP contribution in [0.4, 0.5) is 4.39 Å². The van der Waals surface area contributed by atoms with Gasteiger partial charge < -0.3 is 15.4 Å². The maximum Gasteiger partial charge on any atom is 0.191 e. The Morgan fingerprint density at radius 1 is 1.26 bits per heavy atom. The van der Waals surface area contributed by atoms with E-state index >= 15 is 0 Å². The predicted molar refractivity (Wildman–Crippen MR) is 93.6 cm³/mol. The summed E-state index contributed by atoms with van der Waals surface area (Å²) in [5, 5.41) is 10.6. The molecule has 0 amide bonds. The average Bonchev–Trinajstić information content (AvgIpc) is 3.06. The molecule has 1 unspecified atom stereocenters. The van der Waals surface area contributed by atoms with Crippen LogP contribution < -0.4 is 15.4 Å². The summed E-state index contributed by atoms with van der Waals surface area (Å²) in [5.74, 6) is 1.15. The molecule has 0 spiro atoms. The number of rotatable bonds is 7. The molecule has 0 saturated heterocycles. The molecule has 2 rings (SSSR count). The maximum absolute atomic E-state index is 12.9. The summed E-state index contributed by atoms with van der Waals surface area (Å²) in [4.78, 5) is 4.54. The van der Waals surface area contributed by atoms with Gasteiger partial charge >= 0.3 is 0 Å². The highest BCUT2D eigenvalue weighted by Gasteiger charge is 2.06. The van der Waals surface area contributed by atoms with E-state index in [2.05, 4.69) is 27.1 Å². The van der Waals surface area contributed by atoms with E-state index in [1.807, 2.05) is 19.2 Å². The molecule has 0 bridgehead atoms. The van der Waals surface area contributed by atoms with Crippen LogP contribution in [-0.4, -0.2) is 25.2 Å². The van der Waals surface area contributed by atoms with Gasteiger partial charge in [-0.05, 0) is 60.5 Å². The molecule has 0 aliphatic carbocycles. The van der Waals surface area contributed by atoms with Crippen LogP contribution >= 0.6 is 11.3 Å². The SMILES string of the molecule is CCNC(=NCc1ccsc1)NCC(C)Oc1ccc(F)cc1. The molecule has 2 aromatic rings. The van der Waals surface area contributed by atoms with Crippen molar-refractivity contribution < 1.29 is 9.13 Å². The van der Waals surface area contributed by atoms with Crippen LogP contribution in [0.1, 0.15) is 19.4 Å². The molecule has 0 aliphatic heterocycles. The van der Waals surface area contributed by atoms with Gasteiger partial charge in [-0.25, -0.2) is 9.38 Å². The molecule has 0 fully saturated rings. The zero-order valence-electron chi connectivity index (χ0n) is 13.4. The second-order valence-corrected chi connectivity index (χ2v) is 5.87. The summed E-state index contributed by atoms with van der Waals surface area (Å²) < 4.78 is 18.6. The molecule has 6 heteroatoms. The van der Waals surface area contributed by atoms with E-state index in [0.717, 1.165) is 12.5 Å². The first-order valence-corrected chi connectivity index (χ1v) is 8.57. The number of ether oxygens (including phenoxy) is 1. The zero-order chi connectivity index (χ0) is 16.5. The van der Waals surface area contributed by atoms with Crippen LogP contribution in [0.2, 0.25) is 0 Å². The number of hydrogen-bond acceptors (Lipinski definition) is 3. The van der Waals surface area contributed by atoms with Gasteiger partial charge in [0.25, 0.3) is 0 Å². The van der Waals surface area contributed by atoms with E-state index < -0.39 is 0 Å². The topological polar surface area (TPSA) is 45.7 Å². The third-order valence-corrected chi connectivity index (χ3v) is 3.78. The Bertz CT molecular complexity index is 599. The van der Waals surface area contributed by atoms with Crippen molar-refractivity contribution in [3.05, 3.63) is 52.5 Å². The van der Waals surface area contributed by atoms with Crippen LogP contribution in [-0.2, 0) is 6.54 Å². The first-order chi connectivity index (χ1) is 11.2. The molecule has 23 heavy (non-hydrogen) atoms. The van der Waals surface area contributed by atoms with Crippen molar-refractivity contribution in [2.75, 3.05) is 13.1 Å². The van der Waals surface area contributed by atoms with Crippen LogP contribution in [0.25, 0.3) is 0 Å². The van der Waals surface area contributed by atoms with Gasteiger partial charge in [0.1, 0.15) is 17.7 Å². The third kappa shape index (κ3) is 6.28. The van der Waals surface area contributed by atoms with Crippen LogP contribution in [0, 0.1) is 5.82 Å². The first kappa shape index (κ1) is 17.3. The zero-order valence-corrected chi connectivity index (χ0v) is 14.2. The Hall–Kier alpha value is -2.08. The van der Waals surface area contributed by atoms with E-state index in [9.17, 15) is 4.39 Å². The summed E-state index contributed by atoms with van der Waals surface area (Å²) in [6.07, 6.45) is -0.0644. The van der Waals surface area contributed by atoms with Crippen molar-refractivity contribution in [2.45, 2.75) is 26.5 Å². The summed E-state index contributed by atoms with van der Waals surface area (Å²) in [5.41, 5.74) is 1.20. The van der Waals surface area contributed by atoms with Crippen molar-refractivity contribution in [1.82, 2.24) is 10.6 Å². The number of hydrogen-bond donors (Lipinski definition) is 2. The summed E-state index contributed by atoms with van der Waals surface area (Å²) in [6, 6.07) is 8.10. The van der Waals surface area contributed by atoms with E-state index in [1.54, 1.807) is 23.5 Å². The Morgan fingerprint density at radius 3 is 2.70 bits per heavy atom. The maximum atomic E-state index is 12.9. The lowest BCUT2D eigenvalue weighted by molar-refractivity contribution is 0.223. The minimum atomic E-state index is -0.266. The van der Waals surface area contributed by atoms with Gasteiger partial charge in [0.2, 0.25) is 0 Å². The first-order valence-electron chi connectivity index (χ1n) is 7.63. The van der Waals surface area contributed by atoms with Gasteiger partial charge in [-0.1, -0.05) is 0 Å². The molecular formula is C17H22FN3OS. The number of benzene rings is 1. The quantitative estimate of drug-likeness (QED) is 0.602. The normalized spacial score (nSPS) is 12.7. The van der Waals surface area contributed by atoms with Gasteiger partial charge in [-0.15, -0.1) is 0 Å². The number of nitrogens with one attached hydrogen (secondary N) is 2. The Labute approximate surface area is 140 Å². The van der Waals surface area contributed by atoms with Crippen LogP contribution in [0.3, 0.4) is 0 Å². The van der Waals surface area contributed by atoms with Gasteiger partial charge in [0, 0.05) is 6.54 Å². The smallest absolute Gasteiger partial charge is 0.191 e. The second kappa shape index (κ2) is 9.15. The van der Waals surface area contributed by atoms with E-state index in [1.165, 1.54) is 17.7 Å². The monoisotopic (exact) mass is 335 g/mol. The molecule has 0 radical (unpaired) electrons. The highest BCUT2D eigenvalue weighted by molar-refractivity contribution is 7.07. The molecule has 1 aromatic heterocycles. The van der Waals surface area contributed by atoms with Gasteiger partial charge in [-0.2, -0.15) is 11.3 Å². The molecule has 0 saturated carbocycles. The molecule has 2 N–H and O–H groups in total. The lowest BCUT2D eigenvalue weighted by atomic mass is 10.3. The summed E-state index contributed by atoms with van der Waals surface area (Å²) in [6.45, 7) is 6.03. The van der Waals surface area contributed by atoms with E-state index in [-0.39, 0.29) is 11.9 Å². The third-order valence-electron chi connectivity index (χ3n) is 3.05. The van der Waals surface area contributed by atoms with Gasteiger partial charge in [0.05, 0.1) is 13.1 Å². The fourth-order valence-electron chi connectivity index (χ4n) is 1.92. The standard InChI is InChI=1S/C17H22FN3OS/c1-3-19-17(21-11-14-8-9-23-12-14)20-10-13(2)22-16-6-4-15(18)5-7-16/h4-9,12-13H,3,10-11H2,1-2H3,(H2,19,20,21). The molecule has 124 valence electrons. The van der Waals surface area contributed by atoms with Crippen LogP contribution in [0.15, 0.2) is 46.1 Å². The lowest BCUT2D eigenvalue weighted by Crippen LogP contribution is -2.41. The fraction of sp³-hybridized carbons (Fsp3) is 0.353. The number of guanidine groups is 1. The van der Waals surface area contributed by atoms with Crippen molar-refractivity contribution in [3.63, 3.8) is 0 Å². The second-order valence-electron chi connectivity index (χ2n) is 5.09. The fourth-order valence-corrected chi connectivity index (χ4v) is 2.58. The van der Waals surface area contributed by atoms with Crippen molar-refractivity contribution >= 4 is 17.3 Å². The Kier molecular flexibility index (Phi) is 6.87. The number of thiophene rings is 1. The highest BCUT2D eigenvalue weighted by atomic mass is 32.1. The molecular weight excluding hydrogens is 313 g/mol. The molecule has 1 heterocycles. The Balaban J connectivity index is 1.82. The van der Waals surface area contributed by atoms with E-state index in [4.69, 9.17) is 4.74 Å². The average molecular weight is 335 g/mol. The van der Waals surface area contributed by atoms with E-state index in [0.29, 0.717) is 18.8 Å².